The molecule has 0 spiro atoms. The van der Waals surface area contributed by atoms with Gasteiger partial charge in [-0.05, 0) is 23.9 Å². The van der Waals surface area contributed by atoms with Crippen molar-refractivity contribution in [2.24, 2.45) is 0 Å². The number of carboxylic acids is 1. The molecule has 0 radical (unpaired) electrons. The standard InChI is InChI=1S/C14H15N3O3S/c1-2-11(12-4-3-5-21-12)17-14(20)16-10-6-9(13(18)19)7-15-8-10/h3-8,11H,2H2,1H3,(H,18,19)(H2,16,17,20). The van der Waals surface area contributed by atoms with E-state index in [0.29, 0.717) is 5.69 Å². The molecular formula is C14H15N3O3S. The van der Waals surface area contributed by atoms with Crippen LogP contribution in [-0.4, -0.2) is 22.1 Å². The molecule has 3 N–H and O–H groups in total. The number of urea groups is 1. The molecule has 2 amide bonds. The summed E-state index contributed by atoms with van der Waals surface area (Å²) in [6.45, 7) is 1.98. The van der Waals surface area contributed by atoms with E-state index in [2.05, 4.69) is 15.6 Å². The molecule has 0 fully saturated rings. The van der Waals surface area contributed by atoms with Gasteiger partial charge in [0.1, 0.15) is 0 Å². The first-order valence-electron chi connectivity index (χ1n) is 6.39. The number of rotatable bonds is 5. The van der Waals surface area contributed by atoms with E-state index in [1.54, 1.807) is 11.3 Å². The second-order valence-electron chi connectivity index (χ2n) is 4.34. The zero-order valence-corrected chi connectivity index (χ0v) is 12.2. The van der Waals surface area contributed by atoms with E-state index in [1.165, 1.54) is 18.5 Å². The number of amides is 2. The summed E-state index contributed by atoms with van der Waals surface area (Å²) in [5.41, 5.74) is 0.367. The van der Waals surface area contributed by atoms with Crippen molar-refractivity contribution in [3.05, 3.63) is 46.4 Å². The van der Waals surface area contributed by atoms with Crippen LogP contribution in [0.2, 0.25) is 0 Å². The lowest BCUT2D eigenvalue weighted by atomic mass is 10.2. The molecule has 1 atom stereocenters. The molecule has 0 saturated carbocycles. The van der Waals surface area contributed by atoms with Crippen molar-refractivity contribution >= 4 is 29.0 Å². The lowest BCUT2D eigenvalue weighted by molar-refractivity contribution is 0.0696. The number of nitrogens with zero attached hydrogens (tertiary/aromatic N) is 1. The van der Waals surface area contributed by atoms with Gasteiger partial charge >= 0.3 is 12.0 Å². The first-order valence-corrected chi connectivity index (χ1v) is 7.27. The molecule has 0 aliphatic rings. The second-order valence-corrected chi connectivity index (χ2v) is 5.32. The van der Waals surface area contributed by atoms with Crippen molar-refractivity contribution in [2.75, 3.05) is 5.32 Å². The van der Waals surface area contributed by atoms with Gasteiger partial charge in [0.25, 0.3) is 0 Å². The van der Waals surface area contributed by atoms with Crippen LogP contribution in [0.5, 0.6) is 0 Å². The zero-order valence-electron chi connectivity index (χ0n) is 11.4. The van der Waals surface area contributed by atoms with Gasteiger partial charge in [-0.3, -0.25) is 4.98 Å². The quantitative estimate of drug-likeness (QED) is 0.791. The summed E-state index contributed by atoms with van der Waals surface area (Å²) < 4.78 is 0. The van der Waals surface area contributed by atoms with E-state index in [-0.39, 0.29) is 17.6 Å². The van der Waals surface area contributed by atoms with Gasteiger partial charge in [0.05, 0.1) is 23.5 Å². The molecule has 2 heterocycles. The SMILES string of the molecule is CCC(NC(=O)Nc1cncc(C(=O)O)c1)c1cccs1. The predicted octanol–water partition coefficient (Wildman–Crippen LogP) is 3.11. The number of pyridine rings is 1. The van der Waals surface area contributed by atoms with Gasteiger partial charge in [-0.25, -0.2) is 9.59 Å². The summed E-state index contributed by atoms with van der Waals surface area (Å²) in [5, 5.41) is 16.3. The van der Waals surface area contributed by atoms with Gasteiger partial charge in [0.2, 0.25) is 0 Å². The normalized spacial score (nSPS) is 11.7. The van der Waals surface area contributed by atoms with Gasteiger partial charge in [-0.15, -0.1) is 11.3 Å². The summed E-state index contributed by atoms with van der Waals surface area (Å²) in [5.74, 6) is -1.09. The molecule has 0 aliphatic carbocycles. The number of carboxylic acid groups (broad SMARTS) is 1. The first kappa shape index (κ1) is 15.0. The molecule has 7 heteroatoms. The Balaban J connectivity index is 2.01. The van der Waals surface area contributed by atoms with E-state index >= 15 is 0 Å². The number of nitrogens with one attached hydrogen (secondary N) is 2. The highest BCUT2D eigenvalue weighted by molar-refractivity contribution is 7.10. The highest BCUT2D eigenvalue weighted by Crippen LogP contribution is 2.21. The molecule has 2 aromatic rings. The summed E-state index contributed by atoms with van der Waals surface area (Å²) >= 11 is 1.58. The number of aromatic carboxylic acids is 1. The van der Waals surface area contributed by atoms with E-state index < -0.39 is 5.97 Å². The minimum atomic E-state index is -1.09. The summed E-state index contributed by atoms with van der Waals surface area (Å²) in [6, 6.07) is 4.80. The maximum atomic E-state index is 12.0. The number of carbonyl (C=O) groups excluding carboxylic acids is 1. The second kappa shape index (κ2) is 6.85. The van der Waals surface area contributed by atoms with Crippen LogP contribution in [0, 0.1) is 0 Å². The number of hydrogen-bond donors (Lipinski definition) is 3. The maximum absolute atomic E-state index is 12.0. The number of carbonyl (C=O) groups is 2. The van der Waals surface area contributed by atoms with Crippen molar-refractivity contribution in [1.82, 2.24) is 10.3 Å². The van der Waals surface area contributed by atoms with Crippen LogP contribution < -0.4 is 10.6 Å². The smallest absolute Gasteiger partial charge is 0.337 e. The third-order valence-corrected chi connectivity index (χ3v) is 3.83. The highest BCUT2D eigenvalue weighted by Gasteiger charge is 2.14. The van der Waals surface area contributed by atoms with Crippen LogP contribution in [0.3, 0.4) is 0 Å². The fourth-order valence-corrected chi connectivity index (χ4v) is 2.68. The van der Waals surface area contributed by atoms with Crippen molar-refractivity contribution in [3.63, 3.8) is 0 Å². The Morgan fingerprint density at radius 3 is 2.86 bits per heavy atom. The molecule has 0 aromatic carbocycles. The highest BCUT2D eigenvalue weighted by atomic mass is 32.1. The molecule has 2 aromatic heterocycles. The largest absolute Gasteiger partial charge is 0.478 e. The van der Waals surface area contributed by atoms with Gasteiger partial charge in [-0.1, -0.05) is 13.0 Å². The predicted molar refractivity (Wildman–Crippen MR) is 80.7 cm³/mol. The van der Waals surface area contributed by atoms with E-state index in [4.69, 9.17) is 5.11 Å². The Labute approximate surface area is 125 Å². The molecule has 1 unspecified atom stereocenters. The molecule has 110 valence electrons. The minimum absolute atomic E-state index is 0.0260. The minimum Gasteiger partial charge on any atom is -0.478 e. The molecule has 0 aliphatic heterocycles. The number of aromatic nitrogens is 1. The van der Waals surface area contributed by atoms with Crippen LogP contribution in [0.4, 0.5) is 10.5 Å². The topological polar surface area (TPSA) is 91.3 Å². The maximum Gasteiger partial charge on any atom is 0.337 e. The third kappa shape index (κ3) is 4.03. The summed E-state index contributed by atoms with van der Waals surface area (Å²) in [4.78, 5) is 27.7. The fraction of sp³-hybridized carbons (Fsp3) is 0.214. The molecule has 21 heavy (non-hydrogen) atoms. The average molecular weight is 305 g/mol. The van der Waals surface area contributed by atoms with Crippen LogP contribution in [-0.2, 0) is 0 Å². The number of hydrogen-bond acceptors (Lipinski definition) is 4. The van der Waals surface area contributed by atoms with E-state index in [9.17, 15) is 9.59 Å². The van der Waals surface area contributed by atoms with Crippen molar-refractivity contribution < 1.29 is 14.7 Å². The average Bonchev–Trinajstić information content (AvgIpc) is 2.99. The molecule has 6 nitrogen and oxygen atoms in total. The lowest BCUT2D eigenvalue weighted by Crippen LogP contribution is -2.32. The molecular weight excluding hydrogens is 290 g/mol. The fourth-order valence-electron chi connectivity index (χ4n) is 1.81. The number of thiophene rings is 1. The third-order valence-electron chi connectivity index (χ3n) is 2.84. The monoisotopic (exact) mass is 305 g/mol. The van der Waals surface area contributed by atoms with Gasteiger partial charge < -0.3 is 15.7 Å². The van der Waals surface area contributed by atoms with E-state index in [0.717, 1.165) is 11.3 Å². The van der Waals surface area contributed by atoms with Crippen LogP contribution in [0.25, 0.3) is 0 Å². The van der Waals surface area contributed by atoms with Crippen LogP contribution in [0.15, 0.2) is 36.0 Å². The Bertz CT molecular complexity index is 628. The molecule has 2 rings (SSSR count). The summed E-state index contributed by atoms with van der Waals surface area (Å²) in [7, 11) is 0. The van der Waals surface area contributed by atoms with E-state index in [1.807, 2.05) is 24.4 Å². The Morgan fingerprint density at radius 2 is 2.24 bits per heavy atom. The molecule has 0 bridgehead atoms. The Hall–Kier alpha value is -2.41. The summed E-state index contributed by atoms with van der Waals surface area (Å²) in [6.07, 6.45) is 3.39. The lowest BCUT2D eigenvalue weighted by Gasteiger charge is -2.16. The van der Waals surface area contributed by atoms with Crippen molar-refractivity contribution in [1.29, 1.82) is 0 Å². The van der Waals surface area contributed by atoms with Gasteiger partial charge in [-0.2, -0.15) is 0 Å². The van der Waals surface area contributed by atoms with Crippen LogP contribution >= 0.6 is 11.3 Å². The first-order chi connectivity index (χ1) is 10.1. The zero-order chi connectivity index (χ0) is 15.2. The van der Waals surface area contributed by atoms with Crippen molar-refractivity contribution in [3.8, 4) is 0 Å². The number of anilines is 1. The Kier molecular flexibility index (Phi) is 4.89. The molecule has 0 saturated heterocycles. The Morgan fingerprint density at radius 1 is 1.43 bits per heavy atom. The van der Waals surface area contributed by atoms with Crippen molar-refractivity contribution in [2.45, 2.75) is 19.4 Å². The van der Waals surface area contributed by atoms with Crippen LogP contribution in [0.1, 0.15) is 34.6 Å². The van der Waals surface area contributed by atoms with Gasteiger partial charge in [0, 0.05) is 11.1 Å². The van der Waals surface area contributed by atoms with Gasteiger partial charge in [0.15, 0.2) is 0 Å².